The first kappa shape index (κ1) is 15.3. The minimum atomic E-state index is 0.533. The molecule has 2 N–H and O–H groups in total. The number of hydrogen-bond acceptors (Lipinski definition) is 3. The summed E-state index contributed by atoms with van der Waals surface area (Å²) in [7, 11) is 0. The monoisotopic (exact) mass is 302 g/mol. The summed E-state index contributed by atoms with van der Waals surface area (Å²) in [5, 5.41) is 10.0. The minimum absolute atomic E-state index is 0.533. The number of nitrogen functional groups attached to an aromatic ring is 1. The average molecular weight is 303 g/mol. The van der Waals surface area contributed by atoms with Gasteiger partial charge in [-0.15, -0.1) is 0 Å². The molecule has 0 radical (unpaired) electrons. The number of nitrogens with two attached hydrogens (primary N) is 1. The number of hydrogen-bond donors (Lipinski definition) is 1. The zero-order valence-corrected chi connectivity index (χ0v) is 13.1. The molecular formula is C16H19ClN4. The number of rotatable bonds is 5. The van der Waals surface area contributed by atoms with Gasteiger partial charge in [-0.05, 0) is 31.5 Å². The number of nitrogens with zero attached hydrogens (tertiary/aromatic N) is 3. The summed E-state index contributed by atoms with van der Waals surface area (Å²) in [6.45, 7) is 6.34. The summed E-state index contributed by atoms with van der Waals surface area (Å²) in [6, 6.07) is 11.6. The normalized spacial score (nSPS) is 10.4. The maximum atomic E-state index is 9.35. The second-order valence-corrected chi connectivity index (χ2v) is 5.18. The molecule has 4 nitrogen and oxygen atoms in total. The molecule has 0 aliphatic rings. The molecule has 0 bridgehead atoms. The maximum Gasteiger partial charge on any atom is 0.133 e. The fourth-order valence-corrected chi connectivity index (χ4v) is 2.68. The first-order valence-electron chi connectivity index (χ1n) is 6.99. The van der Waals surface area contributed by atoms with Gasteiger partial charge in [0.25, 0.3) is 0 Å². The average Bonchev–Trinajstić information content (AvgIpc) is 2.80. The lowest BCUT2D eigenvalue weighted by molar-refractivity contribution is 0.740. The van der Waals surface area contributed by atoms with Crippen LogP contribution in [0.1, 0.15) is 25.1 Å². The van der Waals surface area contributed by atoms with Gasteiger partial charge < -0.3 is 15.2 Å². The molecular weight excluding hydrogens is 284 g/mol. The quantitative estimate of drug-likeness (QED) is 0.919. The first-order valence-corrected chi connectivity index (χ1v) is 7.37. The summed E-state index contributed by atoms with van der Waals surface area (Å²) >= 11 is 6.24. The molecule has 0 fully saturated rings. The Bertz CT molecular complexity index is 665. The smallest absolute Gasteiger partial charge is 0.133 e. The molecule has 0 unspecified atom stereocenters. The van der Waals surface area contributed by atoms with E-state index in [-0.39, 0.29) is 0 Å². The molecule has 1 aromatic heterocycles. The van der Waals surface area contributed by atoms with Crippen molar-refractivity contribution in [2.24, 2.45) is 0 Å². The van der Waals surface area contributed by atoms with E-state index in [2.05, 4.69) is 24.8 Å². The van der Waals surface area contributed by atoms with Crippen LogP contribution < -0.4 is 10.6 Å². The van der Waals surface area contributed by atoms with E-state index in [1.807, 2.05) is 28.8 Å². The van der Waals surface area contributed by atoms with Gasteiger partial charge in [0.05, 0.1) is 12.2 Å². The zero-order valence-electron chi connectivity index (χ0n) is 12.3. The molecule has 5 heteroatoms. The Hall–Kier alpha value is -2.12. The molecule has 2 rings (SSSR count). The molecule has 0 aliphatic heterocycles. The van der Waals surface area contributed by atoms with E-state index in [0.717, 1.165) is 24.5 Å². The lowest BCUT2D eigenvalue weighted by Crippen LogP contribution is -2.26. The largest absolute Gasteiger partial charge is 0.396 e. The van der Waals surface area contributed by atoms with E-state index in [4.69, 9.17) is 17.3 Å². The fourth-order valence-electron chi connectivity index (χ4n) is 2.49. The Balaban J connectivity index is 2.51. The highest BCUT2D eigenvalue weighted by molar-refractivity contribution is 6.31. The van der Waals surface area contributed by atoms with Crippen LogP contribution in [0, 0.1) is 11.3 Å². The van der Waals surface area contributed by atoms with Gasteiger partial charge in [-0.2, -0.15) is 5.26 Å². The van der Waals surface area contributed by atoms with E-state index in [9.17, 15) is 5.26 Å². The Morgan fingerprint density at radius 1 is 1.29 bits per heavy atom. The molecule has 2 aromatic rings. The second kappa shape index (κ2) is 6.55. The topological polar surface area (TPSA) is 58.0 Å². The van der Waals surface area contributed by atoms with Crippen molar-refractivity contribution in [3.05, 3.63) is 46.6 Å². The van der Waals surface area contributed by atoms with Crippen molar-refractivity contribution < 1.29 is 0 Å². The summed E-state index contributed by atoms with van der Waals surface area (Å²) < 4.78 is 1.93. The summed E-state index contributed by atoms with van der Waals surface area (Å²) in [6.07, 6.45) is 0. The van der Waals surface area contributed by atoms with Crippen molar-refractivity contribution >= 4 is 23.1 Å². The van der Waals surface area contributed by atoms with Gasteiger partial charge in [0, 0.05) is 18.1 Å². The Kier molecular flexibility index (Phi) is 4.77. The van der Waals surface area contributed by atoms with Gasteiger partial charge in [-0.1, -0.05) is 29.8 Å². The van der Waals surface area contributed by atoms with Crippen LogP contribution in [0.25, 0.3) is 0 Å². The van der Waals surface area contributed by atoms with Crippen LogP contribution in [0.5, 0.6) is 0 Å². The number of halogens is 1. The van der Waals surface area contributed by atoms with Crippen molar-refractivity contribution in [3.8, 4) is 6.07 Å². The third kappa shape index (κ3) is 2.98. The van der Waals surface area contributed by atoms with Crippen molar-refractivity contribution in [1.82, 2.24) is 4.57 Å². The van der Waals surface area contributed by atoms with Crippen molar-refractivity contribution in [2.75, 3.05) is 23.7 Å². The predicted molar refractivity (Wildman–Crippen MR) is 87.7 cm³/mol. The van der Waals surface area contributed by atoms with Gasteiger partial charge in [0.2, 0.25) is 0 Å². The third-order valence-electron chi connectivity index (χ3n) is 3.56. The number of anilines is 2. The molecule has 21 heavy (non-hydrogen) atoms. The molecule has 0 saturated carbocycles. The summed E-state index contributed by atoms with van der Waals surface area (Å²) in [4.78, 5) is 2.15. The third-order valence-corrected chi connectivity index (χ3v) is 3.93. The summed E-state index contributed by atoms with van der Waals surface area (Å²) in [5.74, 6) is 0.886. The van der Waals surface area contributed by atoms with Crippen molar-refractivity contribution in [3.63, 3.8) is 0 Å². The van der Waals surface area contributed by atoms with Crippen LogP contribution in [0.4, 0.5) is 11.5 Å². The minimum Gasteiger partial charge on any atom is -0.396 e. The molecule has 1 heterocycles. The summed E-state index contributed by atoms with van der Waals surface area (Å²) in [5.41, 5.74) is 8.26. The van der Waals surface area contributed by atoms with Crippen LogP contribution in [0.15, 0.2) is 30.3 Å². The van der Waals surface area contributed by atoms with Crippen molar-refractivity contribution in [1.29, 1.82) is 5.26 Å². The van der Waals surface area contributed by atoms with E-state index < -0.39 is 0 Å². The van der Waals surface area contributed by atoms with Gasteiger partial charge >= 0.3 is 0 Å². The lowest BCUT2D eigenvalue weighted by Gasteiger charge is -2.24. The van der Waals surface area contributed by atoms with E-state index in [1.54, 1.807) is 6.07 Å². The van der Waals surface area contributed by atoms with Gasteiger partial charge in [-0.3, -0.25) is 0 Å². The molecule has 0 atom stereocenters. The standard InChI is InChI=1S/C16H19ClN4/c1-3-20(4-2)16-15(19)9-13(10-18)21(16)11-12-7-5-6-8-14(12)17/h5-9H,3-4,11,19H2,1-2H3. The molecule has 0 amide bonds. The highest BCUT2D eigenvalue weighted by Crippen LogP contribution is 2.30. The van der Waals surface area contributed by atoms with Gasteiger partial charge in [0.15, 0.2) is 0 Å². The molecule has 0 spiro atoms. The Morgan fingerprint density at radius 3 is 2.52 bits per heavy atom. The lowest BCUT2D eigenvalue weighted by atomic mass is 10.2. The van der Waals surface area contributed by atoms with Crippen molar-refractivity contribution in [2.45, 2.75) is 20.4 Å². The van der Waals surface area contributed by atoms with Crippen LogP contribution in [0.2, 0.25) is 5.02 Å². The van der Waals surface area contributed by atoms with Crippen LogP contribution in [0.3, 0.4) is 0 Å². The SMILES string of the molecule is CCN(CC)c1c(N)cc(C#N)n1Cc1ccccc1Cl. The van der Waals surface area contributed by atoms with Gasteiger partial charge in [-0.25, -0.2) is 0 Å². The van der Waals surface area contributed by atoms with Crippen LogP contribution in [-0.2, 0) is 6.54 Å². The maximum absolute atomic E-state index is 9.35. The molecule has 0 aliphatic carbocycles. The second-order valence-electron chi connectivity index (χ2n) is 4.77. The Labute approximate surface area is 130 Å². The molecule has 0 saturated heterocycles. The first-order chi connectivity index (χ1) is 10.1. The number of aromatic nitrogens is 1. The van der Waals surface area contributed by atoms with Gasteiger partial charge in [0.1, 0.15) is 17.6 Å². The molecule has 1 aromatic carbocycles. The Morgan fingerprint density at radius 2 is 1.95 bits per heavy atom. The number of benzene rings is 1. The van der Waals surface area contributed by atoms with Crippen LogP contribution in [-0.4, -0.2) is 17.7 Å². The van der Waals surface area contributed by atoms with Crippen LogP contribution >= 0.6 is 11.6 Å². The van der Waals surface area contributed by atoms with E-state index in [1.165, 1.54) is 0 Å². The zero-order chi connectivity index (χ0) is 15.4. The highest BCUT2D eigenvalue weighted by atomic mass is 35.5. The predicted octanol–water partition coefficient (Wildman–Crippen LogP) is 3.49. The van der Waals surface area contributed by atoms with E-state index >= 15 is 0 Å². The highest BCUT2D eigenvalue weighted by Gasteiger charge is 2.18. The fraction of sp³-hybridized carbons (Fsp3) is 0.312. The van der Waals surface area contributed by atoms with E-state index in [0.29, 0.717) is 22.9 Å². The molecule has 110 valence electrons. The number of nitriles is 1.